The number of amides is 1. The van der Waals surface area contributed by atoms with Crippen LogP contribution in [0.1, 0.15) is 28.1 Å². The smallest absolute Gasteiger partial charge is 0.261 e. The molecule has 174 valence electrons. The number of hydrogen-bond donors (Lipinski definition) is 2. The number of nitrogens with two attached hydrogens (primary N) is 1. The van der Waals surface area contributed by atoms with E-state index in [0.717, 1.165) is 36.6 Å². The highest BCUT2D eigenvalue weighted by Crippen LogP contribution is 2.33. The van der Waals surface area contributed by atoms with Gasteiger partial charge in [0.15, 0.2) is 11.6 Å². The largest absolute Gasteiger partial charge is 0.485 e. The second-order valence-corrected chi connectivity index (χ2v) is 9.15. The molecule has 0 aliphatic carbocycles. The monoisotopic (exact) mass is 492 g/mol. The Labute approximate surface area is 199 Å². The lowest BCUT2D eigenvalue weighted by Crippen LogP contribution is -2.33. The van der Waals surface area contributed by atoms with Crippen molar-refractivity contribution in [2.75, 3.05) is 31.9 Å². The molecule has 3 aromatic rings. The molecule has 1 aliphatic rings. The van der Waals surface area contributed by atoms with Crippen LogP contribution in [0.25, 0.3) is 10.4 Å². The van der Waals surface area contributed by atoms with Crippen molar-refractivity contribution in [3.8, 4) is 16.2 Å². The first kappa shape index (κ1) is 23.4. The van der Waals surface area contributed by atoms with Crippen molar-refractivity contribution in [3.05, 3.63) is 63.6 Å². The molecule has 1 aromatic carbocycles. The number of rotatable bonds is 8. The summed E-state index contributed by atoms with van der Waals surface area (Å²) in [5.74, 6) is -1.23. The topological polar surface area (TPSA) is 80.5 Å². The van der Waals surface area contributed by atoms with E-state index in [1.807, 2.05) is 6.07 Å². The number of nitrogen functional groups attached to an aromatic ring is 1. The van der Waals surface area contributed by atoms with E-state index in [-0.39, 0.29) is 34.7 Å². The third-order valence-electron chi connectivity index (χ3n) is 5.42. The molecule has 3 N–H and O–H groups in total. The summed E-state index contributed by atoms with van der Waals surface area (Å²) < 4.78 is 33.3. The van der Waals surface area contributed by atoms with Crippen molar-refractivity contribution < 1.29 is 18.3 Å². The van der Waals surface area contributed by atoms with Crippen molar-refractivity contribution in [2.24, 2.45) is 0 Å². The maximum Gasteiger partial charge on any atom is 0.261 e. The van der Waals surface area contributed by atoms with E-state index in [1.54, 1.807) is 18.3 Å². The SMILES string of the molecule is Nc1ncc(-c2ccc(C(=O)NCCN3CCCC3)s2)cc1OCc1c(F)ccc(F)c1Cl. The Balaban J connectivity index is 1.42. The average Bonchev–Trinajstić information content (AvgIpc) is 3.50. The number of carbonyl (C=O) groups excluding carboxylic acids is 1. The summed E-state index contributed by atoms with van der Waals surface area (Å²) in [6.45, 7) is 3.32. The van der Waals surface area contributed by atoms with E-state index in [1.165, 1.54) is 24.2 Å². The van der Waals surface area contributed by atoms with Crippen LogP contribution < -0.4 is 15.8 Å². The van der Waals surface area contributed by atoms with Gasteiger partial charge in [0.1, 0.15) is 18.2 Å². The molecule has 4 rings (SSSR count). The number of benzene rings is 1. The Morgan fingerprint density at radius 2 is 1.97 bits per heavy atom. The van der Waals surface area contributed by atoms with Crippen molar-refractivity contribution in [3.63, 3.8) is 0 Å². The Morgan fingerprint density at radius 3 is 2.76 bits per heavy atom. The lowest BCUT2D eigenvalue weighted by atomic mass is 10.2. The third-order valence-corrected chi connectivity index (χ3v) is 6.96. The van der Waals surface area contributed by atoms with Gasteiger partial charge >= 0.3 is 0 Å². The van der Waals surface area contributed by atoms with E-state index >= 15 is 0 Å². The molecule has 0 radical (unpaired) electrons. The Kier molecular flexibility index (Phi) is 7.42. The van der Waals surface area contributed by atoms with Crippen LogP contribution in [0.5, 0.6) is 5.75 Å². The van der Waals surface area contributed by atoms with Gasteiger partial charge < -0.3 is 20.7 Å². The molecular weight excluding hydrogens is 470 g/mol. The van der Waals surface area contributed by atoms with Crippen LogP contribution in [0.2, 0.25) is 5.02 Å². The van der Waals surface area contributed by atoms with Crippen LogP contribution in [0.15, 0.2) is 36.5 Å². The number of anilines is 1. The fourth-order valence-corrected chi connectivity index (χ4v) is 4.70. The van der Waals surface area contributed by atoms with E-state index in [2.05, 4.69) is 15.2 Å². The van der Waals surface area contributed by atoms with Crippen LogP contribution in [-0.2, 0) is 6.61 Å². The van der Waals surface area contributed by atoms with Gasteiger partial charge in [0, 0.05) is 35.3 Å². The summed E-state index contributed by atoms with van der Waals surface area (Å²) in [5, 5.41) is 2.62. The zero-order valence-corrected chi connectivity index (χ0v) is 19.3. The molecular formula is C23H23ClF2N4O2S. The first-order chi connectivity index (χ1) is 15.9. The number of pyridine rings is 1. The number of aromatic nitrogens is 1. The molecule has 1 aliphatic heterocycles. The normalized spacial score (nSPS) is 13.9. The lowest BCUT2D eigenvalue weighted by molar-refractivity contribution is 0.0954. The minimum atomic E-state index is -0.735. The highest BCUT2D eigenvalue weighted by Gasteiger charge is 2.16. The van der Waals surface area contributed by atoms with Crippen molar-refractivity contribution in [1.29, 1.82) is 0 Å². The van der Waals surface area contributed by atoms with Gasteiger partial charge in [-0.15, -0.1) is 11.3 Å². The summed E-state index contributed by atoms with van der Waals surface area (Å²) in [6.07, 6.45) is 4.00. The Hall–Kier alpha value is -2.75. The van der Waals surface area contributed by atoms with Crippen molar-refractivity contribution in [1.82, 2.24) is 15.2 Å². The second kappa shape index (κ2) is 10.5. The molecule has 0 saturated carbocycles. The molecule has 1 fully saturated rings. The number of thiophene rings is 1. The molecule has 0 atom stereocenters. The summed E-state index contributed by atoms with van der Waals surface area (Å²) in [4.78, 5) is 20.3. The molecule has 6 nitrogen and oxygen atoms in total. The maximum atomic E-state index is 14.0. The van der Waals surface area contributed by atoms with Crippen molar-refractivity contribution in [2.45, 2.75) is 19.4 Å². The van der Waals surface area contributed by atoms with E-state index < -0.39 is 11.6 Å². The fourth-order valence-electron chi connectivity index (χ4n) is 3.59. The maximum absolute atomic E-state index is 14.0. The second-order valence-electron chi connectivity index (χ2n) is 7.69. The van der Waals surface area contributed by atoms with Crippen LogP contribution in [0.3, 0.4) is 0 Å². The molecule has 0 unspecified atom stereocenters. The zero-order valence-electron chi connectivity index (χ0n) is 17.7. The van der Waals surface area contributed by atoms with Gasteiger partial charge in [-0.2, -0.15) is 0 Å². The number of likely N-dealkylation sites (tertiary alicyclic amines) is 1. The van der Waals surface area contributed by atoms with Crippen LogP contribution in [-0.4, -0.2) is 42.0 Å². The van der Waals surface area contributed by atoms with Gasteiger partial charge in [-0.25, -0.2) is 13.8 Å². The Bertz CT molecular complexity index is 1150. The van der Waals surface area contributed by atoms with Gasteiger partial charge in [0.05, 0.1) is 9.90 Å². The van der Waals surface area contributed by atoms with Crippen LogP contribution in [0.4, 0.5) is 14.6 Å². The molecule has 33 heavy (non-hydrogen) atoms. The van der Waals surface area contributed by atoms with Crippen molar-refractivity contribution >= 4 is 34.7 Å². The fraction of sp³-hybridized carbons (Fsp3) is 0.304. The first-order valence-corrected chi connectivity index (χ1v) is 11.7. The highest BCUT2D eigenvalue weighted by atomic mass is 35.5. The number of hydrogen-bond acceptors (Lipinski definition) is 6. The quantitative estimate of drug-likeness (QED) is 0.444. The van der Waals surface area contributed by atoms with Gasteiger partial charge in [-0.05, 0) is 56.3 Å². The summed E-state index contributed by atoms with van der Waals surface area (Å²) in [5.41, 5.74) is 6.48. The number of nitrogens with one attached hydrogen (secondary N) is 1. The summed E-state index contributed by atoms with van der Waals surface area (Å²) in [7, 11) is 0. The summed E-state index contributed by atoms with van der Waals surface area (Å²) >= 11 is 7.18. The first-order valence-electron chi connectivity index (χ1n) is 10.5. The molecule has 0 bridgehead atoms. The number of carbonyl (C=O) groups is 1. The molecule has 1 saturated heterocycles. The van der Waals surface area contributed by atoms with E-state index in [4.69, 9.17) is 22.1 Å². The number of ether oxygens (including phenoxy) is 1. The Morgan fingerprint density at radius 1 is 1.21 bits per heavy atom. The van der Waals surface area contributed by atoms with E-state index in [9.17, 15) is 13.6 Å². The minimum absolute atomic E-state index is 0.100. The predicted octanol–water partition coefficient (Wildman–Crippen LogP) is 4.73. The molecule has 1 amide bonds. The third kappa shape index (κ3) is 5.61. The van der Waals surface area contributed by atoms with Gasteiger partial charge in [0.2, 0.25) is 0 Å². The highest BCUT2D eigenvalue weighted by molar-refractivity contribution is 7.17. The van der Waals surface area contributed by atoms with Gasteiger partial charge in [-0.1, -0.05) is 11.6 Å². The van der Waals surface area contributed by atoms with Crippen LogP contribution >= 0.6 is 22.9 Å². The van der Waals surface area contributed by atoms with E-state index in [0.29, 0.717) is 17.0 Å². The minimum Gasteiger partial charge on any atom is -0.485 e. The standard InChI is InChI=1S/C23H23ClF2N4O2S/c24-21-15(16(25)3-4-17(21)26)13-32-18-11-14(12-29-22(18)27)19-5-6-20(33-19)23(31)28-7-10-30-8-1-2-9-30/h3-6,11-12H,1-2,7-10,13H2,(H2,27,29)(H,28,31). The summed E-state index contributed by atoms with van der Waals surface area (Å²) in [6, 6.07) is 7.16. The predicted molar refractivity (Wildman–Crippen MR) is 126 cm³/mol. The molecule has 2 aromatic heterocycles. The van der Waals surface area contributed by atoms with Gasteiger partial charge in [-0.3, -0.25) is 4.79 Å². The number of halogens is 3. The molecule has 3 heterocycles. The average molecular weight is 493 g/mol. The van der Waals surface area contributed by atoms with Crippen LogP contribution in [0, 0.1) is 11.6 Å². The lowest BCUT2D eigenvalue weighted by Gasteiger charge is -2.14. The zero-order chi connectivity index (χ0) is 23.4. The van der Waals surface area contributed by atoms with Gasteiger partial charge in [0.25, 0.3) is 5.91 Å². The molecule has 0 spiro atoms. The number of nitrogens with zero attached hydrogens (tertiary/aromatic N) is 2. The molecule has 10 heteroatoms.